The summed E-state index contributed by atoms with van der Waals surface area (Å²) in [5, 5.41) is 9.39. The van der Waals surface area contributed by atoms with Crippen LogP contribution in [0.3, 0.4) is 0 Å². The summed E-state index contributed by atoms with van der Waals surface area (Å²) in [5.74, 6) is 0.0839. The molecule has 0 amide bonds. The molecule has 0 spiro atoms. The first-order valence-electron chi connectivity index (χ1n) is 10.9. The van der Waals surface area contributed by atoms with Crippen molar-refractivity contribution < 1.29 is 4.79 Å². The van der Waals surface area contributed by atoms with Crippen LogP contribution in [0.5, 0.6) is 0 Å². The average molecular weight is 508 g/mol. The molecule has 1 aliphatic carbocycles. The minimum atomic E-state index is -0.608. The van der Waals surface area contributed by atoms with Crippen LogP contribution < -0.4 is 10.9 Å². The molecule has 4 aromatic rings. The Bertz CT molecular complexity index is 1500. The fourth-order valence-corrected chi connectivity index (χ4v) is 6.28. The number of rotatable bonds is 3. The van der Waals surface area contributed by atoms with Crippen LogP contribution in [0, 0.1) is 0 Å². The minimum absolute atomic E-state index is 0.0192. The van der Waals surface area contributed by atoms with E-state index >= 15 is 0 Å². The summed E-state index contributed by atoms with van der Waals surface area (Å²) < 4.78 is 1.50. The number of carbonyl (C=O) groups excluding carboxylic acids is 1. The van der Waals surface area contributed by atoms with E-state index in [1.807, 2.05) is 47.8 Å². The van der Waals surface area contributed by atoms with Crippen LogP contribution in [0.25, 0.3) is 5.69 Å². The Balaban J connectivity index is 1.56. The van der Waals surface area contributed by atoms with Crippen LogP contribution >= 0.6 is 34.5 Å². The maximum Gasteiger partial charge on any atom is 0.277 e. The van der Waals surface area contributed by atoms with Crippen LogP contribution in [0.2, 0.25) is 10.0 Å². The fraction of sp³-hybridized carbons (Fsp3) is 0.154. The van der Waals surface area contributed by atoms with E-state index in [0.717, 1.165) is 5.70 Å². The zero-order valence-electron chi connectivity index (χ0n) is 17.8. The smallest absolute Gasteiger partial charge is 0.277 e. The summed E-state index contributed by atoms with van der Waals surface area (Å²) in [6, 6.07) is 18.8. The second-order valence-corrected chi connectivity index (χ2v) is 10.3. The molecule has 170 valence electrons. The number of anilines is 1. The van der Waals surface area contributed by atoms with Crippen molar-refractivity contribution in [2.45, 2.75) is 24.7 Å². The van der Waals surface area contributed by atoms with E-state index in [1.54, 1.807) is 23.5 Å². The van der Waals surface area contributed by atoms with Gasteiger partial charge in [0.05, 0.1) is 21.3 Å². The second kappa shape index (κ2) is 8.31. The molecule has 2 aromatic carbocycles. The summed E-state index contributed by atoms with van der Waals surface area (Å²) in [5.41, 5.74) is 3.03. The standard InChI is InChI=1S/C26H19Cl2N3O2S/c27-17-9-4-8-16(24(17)28)21-22-18(12-14(13-19(22)32)20-10-5-11-34-20)29-25-23(21)26(33)31(30-25)15-6-2-1-3-7-15/h1-11,14,21,29-30H,12-13H2/t14-,21-/m0/s1. The molecule has 0 radical (unpaired) electrons. The number of aromatic amines is 1. The first-order chi connectivity index (χ1) is 16.5. The normalized spacial score (nSPS) is 19.5. The highest BCUT2D eigenvalue weighted by molar-refractivity contribution is 7.10. The van der Waals surface area contributed by atoms with E-state index < -0.39 is 5.92 Å². The zero-order chi connectivity index (χ0) is 23.4. The van der Waals surface area contributed by atoms with Gasteiger partial charge in [-0.1, -0.05) is 59.6 Å². The number of carbonyl (C=O) groups is 1. The van der Waals surface area contributed by atoms with Gasteiger partial charge in [0, 0.05) is 34.4 Å². The van der Waals surface area contributed by atoms with Gasteiger partial charge in [0.2, 0.25) is 0 Å². The second-order valence-electron chi connectivity index (χ2n) is 8.51. The Morgan fingerprint density at radius 3 is 2.53 bits per heavy atom. The highest BCUT2D eigenvalue weighted by atomic mass is 35.5. The monoisotopic (exact) mass is 507 g/mol. The minimum Gasteiger partial charge on any atom is -0.343 e. The Labute approximate surface area is 209 Å². The van der Waals surface area contributed by atoms with Gasteiger partial charge in [0.25, 0.3) is 5.56 Å². The number of para-hydroxylation sites is 1. The molecule has 1 aliphatic heterocycles. The number of ketones is 1. The summed E-state index contributed by atoms with van der Waals surface area (Å²) >= 11 is 14.7. The first kappa shape index (κ1) is 21.5. The Morgan fingerprint density at radius 1 is 0.941 bits per heavy atom. The van der Waals surface area contributed by atoms with E-state index in [-0.39, 0.29) is 17.3 Å². The first-order valence-corrected chi connectivity index (χ1v) is 12.6. The quantitative estimate of drug-likeness (QED) is 0.332. The van der Waals surface area contributed by atoms with Crippen molar-refractivity contribution >= 4 is 46.1 Å². The van der Waals surface area contributed by atoms with Gasteiger partial charge in [0.1, 0.15) is 5.82 Å². The van der Waals surface area contributed by atoms with E-state index in [0.29, 0.717) is 51.1 Å². The lowest BCUT2D eigenvalue weighted by molar-refractivity contribution is -0.116. The largest absolute Gasteiger partial charge is 0.343 e. The molecule has 3 heterocycles. The third-order valence-electron chi connectivity index (χ3n) is 6.54. The van der Waals surface area contributed by atoms with Crippen molar-refractivity contribution in [3.63, 3.8) is 0 Å². The zero-order valence-corrected chi connectivity index (χ0v) is 20.2. The van der Waals surface area contributed by atoms with Gasteiger partial charge in [0.15, 0.2) is 5.78 Å². The average Bonchev–Trinajstić information content (AvgIpc) is 3.49. The Kier molecular flexibility index (Phi) is 5.25. The molecule has 34 heavy (non-hydrogen) atoms. The highest BCUT2D eigenvalue weighted by Crippen LogP contribution is 2.49. The number of allylic oxidation sites excluding steroid dienone is 2. The fourth-order valence-electron chi connectivity index (χ4n) is 5.03. The number of thiophene rings is 1. The lowest BCUT2D eigenvalue weighted by Crippen LogP contribution is -2.32. The number of hydrogen-bond donors (Lipinski definition) is 2. The van der Waals surface area contributed by atoms with E-state index in [9.17, 15) is 9.59 Å². The summed E-state index contributed by atoms with van der Waals surface area (Å²) in [4.78, 5) is 28.5. The van der Waals surface area contributed by atoms with Gasteiger partial charge in [-0.05, 0) is 41.6 Å². The number of Topliss-reactive ketones (excluding diaryl/α,β-unsaturated/α-hetero) is 1. The molecule has 0 fully saturated rings. The van der Waals surface area contributed by atoms with E-state index in [2.05, 4.69) is 16.5 Å². The molecule has 2 aromatic heterocycles. The molecule has 6 rings (SSSR count). The molecule has 2 N–H and O–H groups in total. The molecular formula is C26H19Cl2N3O2S. The van der Waals surface area contributed by atoms with E-state index in [4.69, 9.17) is 23.2 Å². The molecule has 0 saturated heterocycles. The van der Waals surface area contributed by atoms with Crippen LogP contribution in [0.4, 0.5) is 5.82 Å². The SMILES string of the molecule is O=C1C[C@@H](c2cccs2)CC2=C1[C@H](c1cccc(Cl)c1Cl)c1c([nH]n(-c3ccccc3)c1=O)N2. The highest BCUT2D eigenvalue weighted by Gasteiger charge is 2.42. The molecule has 0 bridgehead atoms. The van der Waals surface area contributed by atoms with Gasteiger partial charge >= 0.3 is 0 Å². The number of aromatic nitrogens is 2. The van der Waals surface area contributed by atoms with Gasteiger partial charge in [-0.2, -0.15) is 0 Å². The number of nitrogens with one attached hydrogen (secondary N) is 2. The molecular weight excluding hydrogens is 489 g/mol. The van der Waals surface area contributed by atoms with Gasteiger partial charge in [-0.3, -0.25) is 14.7 Å². The predicted octanol–water partition coefficient (Wildman–Crippen LogP) is 6.49. The van der Waals surface area contributed by atoms with Crippen LogP contribution in [0.1, 0.15) is 40.7 Å². The molecule has 8 heteroatoms. The number of H-pyrrole nitrogens is 1. The summed E-state index contributed by atoms with van der Waals surface area (Å²) in [7, 11) is 0. The maximum atomic E-state index is 13.7. The predicted molar refractivity (Wildman–Crippen MR) is 137 cm³/mol. The lowest BCUT2D eigenvalue weighted by Gasteiger charge is -2.34. The topological polar surface area (TPSA) is 66.9 Å². The maximum absolute atomic E-state index is 13.7. The summed E-state index contributed by atoms with van der Waals surface area (Å²) in [6.07, 6.45) is 1.07. The van der Waals surface area contributed by atoms with Crippen LogP contribution in [0.15, 0.2) is 82.1 Å². The number of fused-ring (bicyclic) bond motifs is 1. The van der Waals surface area contributed by atoms with Gasteiger partial charge in [-0.25, -0.2) is 4.68 Å². The van der Waals surface area contributed by atoms with Crippen LogP contribution in [-0.2, 0) is 4.79 Å². The molecule has 2 aliphatic rings. The number of hydrogen-bond acceptors (Lipinski definition) is 4. The molecule has 5 nitrogen and oxygen atoms in total. The van der Waals surface area contributed by atoms with Crippen LogP contribution in [-0.4, -0.2) is 15.6 Å². The van der Waals surface area contributed by atoms with Crippen molar-refractivity contribution in [1.29, 1.82) is 0 Å². The van der Waals surface area contributed by atoms with Crippen molar-refractivity contribution in [2.24, 2.45) is 0 Å². The number of halogens is 2. The third-order valence-corrected chi connectivity index (χ3v) is 8.41. The lowest BCUT2D eigenvalue weighted by atomic mass is 9.74. The Hall–Kier alpha value is -3.06. The Morgan fingerprint density at radius 2 is 1.76 bits per heavy atom. The third kappa shape index (κ3) is 3.36. The van der Waals surface area contributed by atoms with Crippen molar-refractivity contribution in [3.05, 3.63) is 114 Å². The van der Waals surface area contributed by atoms with Gasteiger partial charge < -0.3 is 5.32 Å². The number of benzene rings is 2. The summed E-state index contributed by atoms with van der Waals surface area (Å²) in [6.45, 7) is 0. The van der Waals surface area contributed by atoms with Crippen molar-refractivity contribution in [2.75, 3.05) is 5.32 Å². The molecule has 0 unspecified atom stereocenters. The number of nitrogens with zero attached hydrogens (tertiary/aromatic N) is 1. The van der Waals surface area contributed by atoms with Crippen molar-refractivity contribution in [1.82, 2.24) is 9.78 Å². The molecule has 2 atom stereocenters. The van der Waals surface area contributed by atoms with Gasteiger partial charge in [-0.15, -0.1) is 11.3 Å². The van der Waals surface area contributed by atoms with Crippen molar-refractivity contribution in [3.8, 4) is 5.69 Å². The molecule has 0 saturated carbocycles. The van der Waals surface area contributed by atoms with E-state index in [1.165, 1.54) is 9.56 Å².